The number of ether oxygens (including phenoxy) is 1. The maximum absolute atomic E-state index is 12.6. The van der Waals surface area contributed by atoms with Crippen molar-refractivity contribution in [3.05, 3.63) is 0 Å². The molecule has 0 saturated carbocycles. The molecule has 0 aromatic heterocycles. The molecule has 1 aliphatic rings. The zero-order valence-corrected chi connectivity index (χ0v) is 21.6. The summed E-state index contributed by atoms with van der Waals surface area (Å²) in [6, 6.07) is -0.0762. The number of amides is 1. The molecule has 2 atom stereocenters. The molecule has 2 unspecified atom stereocenters. The molecule has 0 bridgehead atoms. The van der Waals surface area contributed by atoms with Crippen molar-refractivity contribution in [2.75, 3.05) is 13.1 Å². The summed E-state index contributed by atoms with van der Waals surface area (Å²) in [6.45, 7) is 12.5. The van der Waals surface area contributed by atoms with Crippen LogP contribution in [0, 0.1) is 0 Å². The molecule has 0 spiro atoms. The average molecular weight is 466 g/mol. The van der Waals surface area contributed by atoms with Crippen LogP contribution in [0.25, 0.3) is 0 Å². The van der Waals surface area contributed by atoms with E-state index in [0.29, 0.717) is 0 Å². The SMILES string of the molecule is CCCCCCCCN(CCCCCCCC)C1OC(C)(C)N(C(=O)C(Cl)Cl)C1C. The summed E-state index contributed by atoms with van der Waals surface area (Å²) in [5, 5.41) is 0. The molecule has 1 amide bonds. The summed E-state index contributed by atoms with van der Waals surface area (Å²) >= 11 is 11.8. The van der Waals surface area contributed by atoms with E-state index in [-0.39, 0.29) is 18.2 Å². The first kappa shape index (κ1) is 28.0. The summed E-state index contributed by atoms with van der Waals surface area (Å²) in [5.41, 5.74) is -0.705. The highest BCUT2D eigenvalue weighted by Crippen LogP contribution is 2.35. The number of rotatable bonds is 16. The number of nitrogens with zero attached hydrogens (tertiary/aromatic N) is 2. The molecule has 1 rings (SSSR count). The lowest BCUT2D eigenvalue weighted by atomic mass is 10.1. The zero-order chi connectivity index (χ0) is 22.6. The molecule has 0 aromatic carbocycles. The Kier molecular flexibility index (Phi) is 13.9. The van der Waals surface area contributed by atoms with Gasteiger partial charge in [-0.05, 0) is 33.6 Å². The van der Waals surface area contributed by atoms with Gasteiger partial charge in [-0.25, -0.2) is 0 Å². The third kappa shape index (κ3) is 9.22. The minimum absolute atomic E-state index is 0.0762. The standard InChI is InChI=1S/C24H46Cl2N2O2/c1-6-8-10-12-14-16-18-27(19-17-15-13-11-9-7-2)23-20(3)28(22(29)21(25)26)24(4,5)30-23/h20-21,23H,6-19H2,1-5H3. The third-order valence-corrected chi connectivity index (χ3v) is 6.56. The molecule has 0 aliphatic carbocycles. The van der Waals surface area contributed by atoms with E-state index >= 15 is 0 Å². The summed E-state index contributed by atoms with van der Waals surface area (Å²) in [6.07, 6.45) is 15.2. The minimum atomic E-state index is -1.06. The van der Waals surface area contributed by atoms with Crippen LogP contribution in [0.4, 0.5) is 0 Å². The lowest BCUT2D eigenvalue weighted by Gasteiger charge is -2.33. The Balaban J connectivity index is 2.70. The van der Waals surface area contributed by atoms with Crippen LogP contribution in [-0.2, 0) is 9.53 Å². The van der Waals surface area contributed by atoms with Gasteiger partial charge in [0.15, 0.2) is 4.84 Å². The van der Waals surface area contributed by atoms with Crippen molar-refractivity contribution in [3.63, 3.8) is 0 Å². The number of hydrogen-bond acceptors (Lipinski definition) is 3. The molecule has 1 saturated heterocycles. The molecule has 0 aromatic rings. The fourth-order valence-corrected chi connectivity index (χ4v) is 4.79. The van der Waals surface area contributed by atoms with Gasteiger partial charge in [-0.15, -0.1) is 0 Å². The smallest absolute Gasteiger partial charge is 0.258 e. The van der Waals surface area contributed by atoms with Gasteiger partial charge in [0.1, 0.15) is 12.0 Å². The summed E-state index contributed by atoms with van der Waals surface area (Å²) in [4.78, 5) is 15.8. The van der Waals surface area contributed by atoms with Crippen LogP contribution >= 0.6 is 23.2 Å². The quantitative estimate of drug-likeness (QED) is 0.180. The molecule has 1 aliphatic heterocycles. The van der Waals surface area contributed by atoms with Crippen LogP contribution < -0.4 is 0 Å². The summed E-state index contributed by atoms with van der Waals surface area (Å²) in [5.74, 6) is -0.266. The highest BCUT2D eigenvalue weighted by Gasteiger charge is 2.50. The van der Waals surface area contributed by atoms with Gasteiger partial charge in [0.05, 0.1) is 6.04 Å². The van der Waals surface area contributed by atoms with Crippen molar-refractivity contribution in [1.29, 1.82) is 0 Å². The molecule has 178 valence electrons. The number of alkyl halides is 2. The monoisotopic (exact) mass is 464 g/mol. The maximum Gasteiger partial charge on any atom is 0.258 e. The van der Waals surface area contributed by atoms with E-state index in [1.807, 2.05) is 13.8 Å². The fourth-order valence-electron chi connectivity index (χ4n) is 4.58. The van der Waals surface area contributed by atoms with E-state index in [1.54, 1.807) is 4.90 Å². The first-order valence-corrected chi connectivity index (χ1v) is 13.2. The predicted molar refractivity (Wildman–Crippen MR) is 129 cm³/mol. The second-order valence-electron chi connectivity index (χ2n) is 9.28. The zero-order valence-electron chi connectivity index (χ0n) is 20.1. The molecule has 30 heavy (non-hydrogen) atoms. The lowest BCUT2D eigenvalue weighted by molar-refractivity contribution is -0.150. The van der Waals surface area contributed by atoms with Crippen molar-refractivity contribution in [1.82, 2.24) is 9.80 Å². The lowest BCUT2D eigenvalue weighted by Crippen LogP contribution is -2.50. The highest BCUT2D eigenvalue weighted by molar-refractivity contribution is 6.53. The first-order chi connectivity index (χ1) is 14.3. The van der Waals surface area contributed by atoms with Gasteiger partial charge in [-0.3, -0.25) is 9.69 Å². The largest absolute Gasteiger partial charge is 0.336 e. The van der Waals surface area contributed by atoms with Crippen LogP contribution in [0.5, 0.6) is 0 Å². The van der Waals surface area contributed by atoms with Crippen molar-refractivity contribution in [3.8, 4) is 0 Å². The van der Waals surface area contributed by atoms with E-state index < -0.39 is 10.6 Å². The van der Waals surface area contributed by atoms with Gasteiger partial charge >= 0.3 is 0 Å². The Morgan fingerprint density at radius 1 is 0.900 bits per heavy atom. The van der Waals surface area contributed by atoms with Crippen molar-refractivity contribution in [2.24, 2.45) is 0 Å². The van der Waals surface area contributed by atoms with E-state index in [4.69, 9.17) is 27.9 Å². The van der Waals surface area contributed by atoms with Gasteiger partial charge in [-0.1, -0.05) is 101 Å². The van der Waals surface area contributed by atoms with Crippen LogP contribution in [0.1, 0.15) is 112 Å². The number of hydrogen-bond donors (Lipinski definition) is 0. The van der Waals surface area contributed by atoms with E-state index in [1.165, 1.54) is 77.0 Å². The first-order valence-electron chi connectivity index (χ1n) is 12.3. The Labute approximate surface area is 196 Å². The van der Waals surface area contributed by atoms with Crippen LogP contribution in [0.15, 0.2) is 0 Å². The van der Waals surface area contributed by atoms with Gasteiger partial charge in [0.2, 0.25) is 0 Å². The Morgan fingerprint density at radius 2 is 1.33 bits per heavy atom. The second-order valence-corrected chi connectivity index (χ2v) is 10.4. The second kappa shape index (κ2) is 14.9. The predicted octanol–water partition coefficient (Wildman–Crippen LogP) is 7.12. The number of halogens is 2. The molecule has 0 N–H and O–H groups in total. The molecule has 0 radical (unpaired) electrons. The van der Waals surface area contributed by atoms with Gasteiger partial charge in [0, 0.05) is 13.1 Å². The topological polar surface area (TPSA) is 32.8 Å². The van der Waals surface area contributed by atoms with Gasteiger partial charge < -0.3 is 9.64 Å². The van der Waals surface area contributed by atoms with E-state index in [9.17, 15) is 4.79 Å². The van der Waals surface area contributed by atoms with Crippen molar-refractivity contribution in [2.45, 2.75) is 134 Å². The van der Waals surface area contributed by atoms with Crippen LogP contribution in [0.3, 0.4) is 0 Å². The normalized spacial score (nSPS) is 21.2. The maximum atomic E-state index is 12.6. The van der Waals surface area contributed by atoms with Gasteiger partial charge in [0.25, 0.3) is 5.91 Å². The average Bonchev–Trinajstić information content (AvgIpc) is 2.93. The molecular weight excluding hydrogens is 419 g/mol. The number of unbranched alkanes of at least 4 members (excludes halogenated alkanes) is 10. The van der Waals surface area contributed by atoms with E-state index in [0.717, 1.165) is 13.1 Å². The Bertz CT molecular complexity index is 458. The van der Waals surface area contributed by atoms with Crippen LogP contribution in [0.2, 0.25) is 0 Å². The minimum Gasteiger partial charge on any atom is -0.336 e. The van der Waals surface area contributed by atoms with Crippen molar-refractivity contribution >= 4 is 29.1 Å². The van der Waals surface area contributed by atoms with Crippen molar-refractivity contribution < 1.29 is 9.53 Å². The summed E-state index contributed by atoms with van der Waals surface area (Å²) < 4.78 is 6.41. The molecule has 6 heteroatoms. The Hall–Kier alpha value is -0.0300. The molecule has 4 nitrogen and oxygen atoms in total. The number of carbonyl (C=O) groups is 1. The van der Waals surface area contributed by atoms with Crippen LogP contribution in [-0.4, -0.2) is 51.6 Å². The highest BCUT2D eigenvalue weighted by atomic mass is 35.5. The Morgan fingerprint density at radius 3 is 1.77 bits per heavy atom. The van der Waals surface area contributed by atoms with E-state index in [2.05, 4.69) is 25.7 Å². The molecule has 1 heterocycles. The molecule has 1 fully saturated rings. The molecular formula is C24H46Cl2N2O2. The van der Waals surface area contributed by atoms with Gasteiger partial charge in [-0.2, -0.15) is 0 Å². The third-order valence-electron chi connectivity index (χ3n) is 6.19. The number of carbonyl (C=O) groups excluding carboxylic acids is 1. The fraction of sp³-hybridized carbons (Fsp3) is 0.958. The summed E-state index contributed by atoms with van der Waals surface area (Å²) in [7, 11) is 0.